The molecular formula is C24H16N4O5. The van der Waals surface area contributed by atoms with E-state index in [0.29, 0.717) is 10.9 Å². The minimum absolute atomic E-state index is 0.0817. The number of nitrogens with zero attached hydrogens (tertiary/aromatic N) is 4. The number of benzene rings is 3. The molecular weight excluding hydrogens is 424 g/mol. The lowest BCUT2D eigenvalue weighted by Crippen LogP contribution is -2.29. The molecule has 5 rings (SSSR count). The first-order valence-electron chi connectivity index (χ1n) is 10.1. The third-order valence-electron chi connectivity index (χ3n) is 5.34. The van der Waals surface area contributed by atoms with E-state index < -0.39 is 30.1 Å². The van der Waals surface area contributed by atoms with Crippen LogP contribution in [0.15, 0.2) is 77.6 Å². The number of imide groups is 1. The molecule has 0 N–H and O–H groups in total. The van der Waals surface area contributed by atoms with E-state index in [1.165, 1.54) is 18.2 Å². The molecule has 2 amide bonds. The van der Waals surface area contributed by atoms with E-state index in [2.05, 4.69) is 10.3 Å². The highest BCUT2D eigenvalue weighted by molar-refractivity contribution is 6.21. The number of fused-ring (bicyclic) bond motifs is 2. The minimum atomic E-state index is -0.763. The summed E-state index contributed by atoms with van der Waals surface area (Å²) in [5, 5.41) is 8.06. The Labute approximate surface area is 186 Å². The quantitative estimate of drug-likeness (QED) is 0.346. The van der Waals surface area contributed by atoms with Gasteiger partial charge in [0.15, 0.2) is 6.73 Å². The van der Waals surface area contributed by atoms with Gasteiger partial charge in [0, 0.05) is 0 Å². The fourth-order valence-corrected chi connectivity index (χ4v) is 3.64. The summed E-state index contributed by atoms with van der Waals surface area (Å²) >= 11 is 0. The lowest BCUT2D eigenvalue weighted by molar-refractivity contribution is 0.0336. The van der Waals surface area contributed by atoms with Crippen LogP contribution in [0.25, 0.3) is 10.9 Å². The molecule has 9 heteroatoms. The number of rotatable bonds is 5. The fraction of sp³-hybridized carbons (Fsp3) is 0.0833. The molecule has 1 aliphatic heterocycles. The van der Waals surface area contributed by atoms with Crippen LogP contribution in [-0.4, -0.2) is 37.7 Å². The van der Waals surface area contributed by atoms with Gasteiger partial charge in [0.1, 0.15) is 5.52 Å². The van der Waals surface area contributed by atoms with Gasteiger partial charge in [-0.15, -0.1) is 5.10 Å². The number of esters is 1. The van der Waals surface area contributed by atoms with Crippen molar-refractivity contribution in [3.8, 4) is 0 Å². The van der Waals surface area contributed by atoms with Crippen LogP contribution in [0.3, 0.4) is 0 Å². The summed E-state index contributed by atoms with van der Waals surface area (Å²) in [6.45, 7) is -0.309. The van der Waals surface area contributed by atoms with E-state index >= 15 is 0 Å². The summed E-state index contributed by atoms with van der Waals surface area (Å²) < 4.78 is 6.13. The fourth-order valence-electron chi connectivity index (χ4n) is 3.64. The minimum Gasteiger partial charge on any atom is -0.439 e. The molecule has 0 fully saturated rings. The van der Waals surface area contributed by atoms with Crippen LogP contribution < -0.4 is 5.56 Å². The van der Waals surface area contributed by atoms with Crippen molar-refractivity contribution in [1.82, 2.24) is 19.9 Å². The standard InChI is InChI=1S/C24H16N4O5/c29-21-17-11-10-16(12-19(17)22(30)27(21)13-15-6-2-1-3-7-15)24(32)33-14-28-23(31)18-8-4-5-9-20(18)25-26-28/h1-12H,13-14H2. The van der Waals surface area contributed by atoms with Crippen LogP contribution in [0.5, 0.6) is 0 Å². The SMILES string of the molecule is O=C(OCn1nnc2ccccc2c1=O)c1ccc2c(c1)C(=O)N(Cc1ccccc1)C2=O. The number of hydrogen-bond acceptors (Lipinski definition) is 7. The van der Waals surface area contributed by atoms with Gasteiger partial charge >= 0.3 is 5.97 Å². The van der Waals surface area contributed by atoms with E-state index in [9.17, 15) is 19.2 Å². The van der Waals surface area contributed by atoms with Gasteiger partial charge in [-0.1, -0.05) is 47.7 Å². The van der Waals surface area contributed by atoms with Crippen molar-refractivity contribution in [1.29, 1.82) is 0 Å². The molecule has 4 aromatic rings. The summed E-state index contributed by atoms with van der Waals surface area (Å²) in [6, 6.07) is 20.0. The van der Waals surface area contributed by atoms with Crippen LogP contribution in [-0.2, 0) is 18.0 Å². The average molecular weight is 440 g/mol. The number of hydrogen-bond donors (Lipinski definition) is 0. The molecule has 1 aliphatic rings. The third-order valence-corrected chi connectivity index (χ3v) is 5.34. The maximum absolute atomic E-state index is 12.8. The number of aromatic nitrogens is 3. The van der Waals surface area contributed by atoms with Gasteiger partial charge in [-0.05, 0) is 35.9 Å². The lowest BCUT2D eigenvalue weighted by atomic mass is 10.1. The molecule has 33 heavy (non-hydrogen) atoms. The molecule has 0 unspecified atom stereocenters. The maximum Gasteiger partial charge on any atom is 0.339 e. The predicted octanol–water partition coefficient (Wildman–Crippen LogP) is 2.40. The molecule has 0 atom stereocenters. The Morgan fingerprint density at radius 2 is 1.58 bits per heavy atom. The normalized spacial score (nSPS) is 12.8. The first kappa shape index (κ1) is 20.3. The van der Waals surface area contributed by atoms with Crippen molar-refractivity contribution in [2.24, 2.45) is 0 Å². The second-order valence-corrected chi connectivity index (χ2v) is 7.41. The Hall–Kier alpha value is -4.66. The zero-order valence-electron chi connectivity index (χ0n) is 17.2. The predicted molar refractivity (Wildman–Crippen MR) is 116 cm³/mol. The Bertz CT molecular complexity index is 1480. The molecule has 1 aromatic heterocycles. The van der Waals surface area contributed by atoms with Crippen molar-refractivity contribution in [2.45, 2.75) is 13.3 Å². The van der Waals surface area contributed by atoms with Crippen LogP contribution in [0.4, 0.5) is 0 Å². The first-order valence-corrected chi connectivity index (χ1v) is 10.1. The summed E-state index contributed by atoms with van der Waals surface area (Å²) in [7, 11) is 0. The van der Waals surface area contributed by atoms with E-state index in [4.69, 9.17) is 4.74 Å². The van der Waals surface area contributed by atoms with Gasteiger partial charge < -0.3 is 4.74 Å². The summed E-state index contributed by atoms with van der Waals surface area (Å²) in [5.41, 5.74) is 1.25. The highest BCUT2D eigenvalue weighted by Gasteiger charge is 2.36. The van der Waals surface area contributed by atoms with Gasteiger partial charge in [-0.3, -0.25) is 19.3 Å². The van der Waals surface area contributed by atoms with E-state index in [1.54, 1.807) is 24.3 Å². The van der Waals surface area contributed by atoms with Gasteiger partial charge in [0.05, 0.1) is 28.6 Å². The molecule has 9 nitrogen and oxygen atoms in total. The second-order valence-electron chi connectivity index (χ2n) is 7.41. The van der Waals surface area contributed by atoms with Gasteiger partial charge in [0.2, 0.25) is 0 Å². The molecule has 3 aromatic carbocycles. The molecule has 0 spiro atoms. The van der Waals surface area contributed by atoms with Crippen molar-refractivity contribution in [3.63, 3.8) is 0 Å². The summed E-state index contributed by atoms with van der Waals surface area (Å²) in [4.78, 5) is 51.7. The monoisotopic (exact) mass is 440 g/mol. The smallest absolute Gasteiger partial charge is 0.339 e. The molecule has 0 bridgehead atoms. The molecule has 0 aliphatic carbocycles. The maximum atomic E-state index is 12.8. The number of carbonyl (C=O) groups excluding carboxylic acids is 3. The Balaban J connectivity index is 1.33. The Morgan fingerprint density at radius 3 is 2.39 bits per heavy atom. The van der Waals surface area contributed by atoms with Crippen LogP contribution >= 0.6 is 0 Å². The third kappa shape index (κ3) is 3.65. The lowest BCUT2D eigenvalue weighted by Gasteiger charge is -2.13. The van der Waals surface area contributed by atoms with Crippen LogP contribution in [0, 0.1) is 0 Å². The Morgan fingerprint density at radius 1 is 0.848 bits per heavy atom. The highest BCUT2D eigenvalue weighted by Crippen LogP contribution is 2.26. The summed E-state index contributed by atoms with van der Waals surface area (Å²) in [5.74, 6) is -1.66. The van der Waals surface area contributed by atoms with E-state index in [-0.39, 0.29) is 23.2 Å². The van der Waals surface area contributed by atoms with Crippen LogP contribution in [0.1, 0.15) is 36.6 Å². The Kier molecular flexibility index (Phi) is 4.98. The van der Waals surface area contributed by atoms with Crippen molar-refractivity contribution in [3.05, 3.63) is 105 Å². The van der Waals surface area contributed by atoms with Gasteiger partial charge in [-0.25, -0.2) is 4.79 Å². The van der Waals surface area contributed by atoms with Crippen molar-refractivity contribution in [2.75, 3.05) is 0 Å². The van der Waals surface area contributed by atoms with E-state index in [1.807, 2.05) is 30.3 Å². The molecule has 0 saturated heterocycles. The number of ether oxygens (including phenoxy) is 1. The average Bonchev–Trinajstić information content (AvgIpc) is 3.08. The van der Waals surface area contributed by atoms with Gasteiger partial charge in [-0.2, -0.15) is 4.68 Å². The molecule has 162 valence electrons. The molecule has 2 heterocycles. The van der Waals surface area contributed by atoms with Gasteiger partial charge in [0.25, 0.3) is 17.4 Å². The van der Waals surface area contributed by atoms with E-state index in [0.717, 1.165) is 15.1 Å². The molecule has 0 radical (unpaired) electrons. The topological polar surface area (TPSA) is 111 Å². The zero-order chi connectivity index (χ0) is 22.9. The van der Waals surface area contributed by atoms with Crippen LogP contribution in [0.2, 0.25) is 0 Å². The zero-order valence-corrected chi connectivity index (χ0v) is 17.2. The van der Waals surface area contributed by atoms with Crippen molar-refractivity contribution >= 4 is 28.7 Å². The number of carbonyl (C=O) groups is 3. The first-order chi connectivity index (χ1) is 16.0. The largest absolute Gasteiger partial charge is 0.439 e. The highest BCUT2D eigenvalue weighted by atomic mass is 16.5. The van der Waals surface area contributed by atoms with Crippen molar-refractivity contribution < 1.29 is 19.1 Å². The number of amides is 2. The second kappa shape index (κ2) is 8.12. The molecule has 0 saturated carbocycles. The summed E-state index contributed by atoms with van der Waals surface area (Å²) in [6.07, 6.45) is 0.